The summed E-state index contributed by atoms with van der Waals surface area (Å²) in [6.45, 7) is 1.74. The van der Waals surface area contributed by atoms with Crippen LogP contribution in [0.25, 0.3) is 0 Å². The summed E-state index contributed by atoms with van der Waals surface area (Å²) in [7, 11) is 1.38. The molecule has 0 radical (unpaired) electrons. The molecule has 0 aromatic carbocycles. The average Bonchev–Trinajstić information content (AvgIpc) is 1.84. The van der Waals surface area contributed by atoms with Crippen molar-refractivity contribution < 1.29 is 9.53 Å². The standard InChI is InChI=1S/C5H7O2.Po.H/c1-4(2)5(6)7-3;;/h1H,2-3H3;;. The molecule has 0 aliphatic heterocycles. The van der Waals surface area contributed by atoms with Crippen molar-refractivity contribution in [1.82, 2.24) is 0 Å². The van der Waals surface area contributed by atoms with Crippen molar-refractivity contribution in [2.75, 3.05) is 7.11 Å². The van der Waals surface area contributed by atoms with Crippen molar-refractivity contribution in [3.63, 3.8) is 0 Å². The Balaban J connectivity index is 3.83. The second kappa shape index (κ2) is 4.03. The van der Waals surface area contributed by atoms with Gasteiger partial charge in [-0.25, -0.2) is 0 Å². The van der Waals surface area contributed by atoms with Gasteiger partial charge in [-0.3, -0.25) is 0 Å². The Morgan fingerprint density at radius 3 is 2.38 bits per heavy atom. The Morgan fingerprint density at radius 2 is 2.25 bits per heavy atom. The van der Waals surface area contributed by atoms with E-state index < -0.39 is 0 Å². The average molecular weight is 309 g/mol. The van der Waals surface area contributed by atoms with Crippen LogP contribution >= 0.6 is 0 Å². The maximum absolute atomic E-state index is 10.5. The number of hydrogen-bond acceptors (Lipinski definition) is 2. The fourth-order valence-electron chi connectivity index (χ4n) is 0.214. The summed E-state index contributed by atoms with van der Waals surface area (Å²) in [5.41, 5.74) is 0.695. The molecule has 0 rings (SSSR count). The third-order valence-electron chi connectivity index (χ3n) is 0.701. The topological polar surface area (TPSA) is 26.3 Å². The normalized spacial score (nSPS) is 11.1. The third kappa shape index (κ3) is 2.42. The van der Waals surface area contributed by atoms with Gasteiger partial charge < -0.3 is 0 Å². The molecule has 0 aromatic heterocycles. The summed E-state index contributed by atoms with van der Waals surface area (Å²) in [6.07, 6.45) is 0. The molecule has 0 aliphatic carbocycles. The Morgan fingerprint density at radius 1 is 1.75 bits per heavy atom. The fraction of sp³-hybridized carbons (Fsp3) is 0.400. The van der Waals surface area contributed by atoms with E-state index in [-0.39, 0.29) is 5.97 Å². The summed E-state index contributed by atoms with van der Waals surface area (Å²) in [5, 5.41) is 0. The molecular weight excluding hydrogens is 301 g/mol. The molecule has 0 aromatic rings. The second-order valence-corrected chi connectivity index (χ2v) is 2.31. The Labute approximate surface area is 64.0 Å². The number of carbonyl (C=O) groups excluding carboxylic acids is 1. The van der Waals surface area contributed by atoms with E-state index in [0.29, 0.717) is 5.57 Å². The van der Waals surface area contributed by atoms with Gasteiger partial charge in [0.25, 0.3) is 0 Å². The second-order valence-electron chi connectivity index (χ2n) is 1.30. The Kier molecular flexibility index (Phi) is 4.09. The zero-order chi connectivity index (χ0) is 6.57. The minimum atomic E-state index is -0.229. The van der Waals surface area contributed by atoms with Gasteiger partial charge in [0.05, 0.1) is 0 Å². The summed E-state index contributed by atoms with van der Waals surface area (Å²) >= 11 is 1.09. The molecule has 0 unspecified atom stereocenters. The van der Waals surface area contributed by atoms with E-state index >= 15 is 0 Å². The van der Waals surface area contributed by atoms with Gasteiger partial charge >= 0.3 is 63.9 Å². The van der Waals surface area contributed by atoms with E-state index in [1.54, 1.807) is 6.92 Å². The van der Waals surface area contributed by atoms with Gasteiger partial charge in [-0.05, 0) is 0 Å². The monoisotopic (exact) mass is 309 g/mol. The van der Waals surface area contributed by atoms with E-state index in [2.05, 4.69) is 4.74 Å². The van der Waals surface area contributed by atoms with Crippen LogP contribution in [0.3, 0.4) is 0 Å². The van der Waals surface area contributed by atoms with Crippen LogP contribution in [0.4, 0.5) is 0 Å². The number of hydrogen-bond donors (Lipinski definition) is 0. The summed E-state index contributed by atoms with van der Waals surface area (Å²) in [4.78, 5) is 10.5. The van der Waals surface area contributed by atoms with Crippen LogP contribution in [0.5, 0.6) is 0 Å². The first kappa shape index (κ1) is 8.11. The number of methoxy groups -OCH3 is 1. The van der Waals surface area contributed by atoms with E-state index in [4.69, 9.17) is 0 Å². The molecular formula is C5H8O2Po. The van der Waals surface area contributed by atoms with Gasteiger partial charge in [-0.2, -0.15) is 0 Å². The molecule has 0 atom stereocenters. The first-order valence-electron chi connectivity index (χ1n) is 2.11. The predicted octanol–water partition coefficient (Wildman–Crippen LogP) is -0.0360. The molecule has 0 spiro atoms. The molecule has 0 saturated carbocycles. The number of carbonyl (C=O) groups is 1. The molecule has 0 aliphatic rings. The number of rotatable bonds is 1. The van der Waals surface area contributed by atoms with E-state index in [9.17, 15) is 4.79 Å². The number of ether oxygens (including phenoxy) is 1. The zero-order valence-corrected chi connectivity index (χ0v) is 8.32. The van der Waals surface area contributed by atoms with E-state index in [0.717, 1.165) is 25.1 Å². The zero-order valence-electron chi connectivity index (χ0n) is 4.84. The van der Waals surface area contributed by atoms with E-state index in [1.807, 2.05) is 3.73 Å². The fourth-order valence-corrected chi connectivity index (χ4v) is 0.623. The Hall–Kier alpha value is 0.106. The van der Waals surface area contributed by atoms with Gasteiger partial charge in [0.15, 0.2) is 0 Å². The van der Waals surface area contributed by atoms with Crippen LogP contribution < -0.4 is 0 Å². The molecule has 0 saturated heterocycles. The van der Waals surface area contributed by atoms with Crippen molar-refractivity contribution in [2.45, 2.75) is 6.92 Å². The molecule has 46 valence electrons. The van der Waals surface area contributed by atoms with Crippen LogP contribution in [-0.2, 0) is 9.53 Å². The van der Waals surface area contributed by atoms with Crippen LogP contribution in [0, 0.1) is 0 Å². The van der Waals surface area contributed by atoms with Crippen molar-refractivity contribution in [3.8, 4) is 0 Å². The van der Waals surface area contributed by atoms with Crippen LogP contribution in [0.15, 0.2) is 9.31 Å². The van der Waals surface area contributed by atoms with E-state index in [1.165, 1.54) is 7.11 Å². The maximum atomic E-state index is 10.5. The van der Waals surface area contributed by atoms with Gasteiger partial charge in [0.1, 0.15) is 0 Å². The summed E-state index contributed by atoms with van der Waals surface area (Å²) in [6, 6.07) is 0. The first-order chi connectivity index (χ1) is 3.72. The van der Waals surface area contributed by atoms with Crippen LogP contribution in [-0.4, -0.2) is 38.1 Å². The Bertz CT molecular complexity index is 118. The molecule has 0 fully saturated rings. The molecule has 0 N–H and O–H groups in total. The van der Waals surface area contributed by atoms with Gasteiger partial charge in [-0.1, -0.05) is 0 Å². The SMILES string of the molecule is COC(=O)C(C)=[CH][PoH]. The van der Waals surface area contributed by atoms with Crippen molar-refractivity contribution in [1.29, 1.82) is 0 Å². The molecule has 0 bridgehead atoms. The quantitative estimate of drug-likeness (QED) is 0.502. The molecule has 3 heteroatoms. The summed E-state index contributed by atoms with van der Waals surface area (Å²) < 4.78 is 6.24. The van der Waals surface area contributed by atoms with Crippen molar-refractivity contribution in [3.05, 3.63) is 9.31 Å². The van der Waals surface area contributed by atoms with Gasteiger partial charge in [0.2, 0.25) is 0 Å². The number of esters is 1. The molecule has 0 amide bonds. The molecule has 2 nitrogen and oxygen atoms in total. The molecule has 8 heavy (non-hydrogen) atoms. The third-order valence-corrected chi connectivity index (χ3v) is 2.21. The predicted molar refractivity (Wildman–Crippen MR) is 32.9 cm³/mol. The van der Waals surface area contributed by atoms with Crippen LogP contribution in [0.1, 0.15) is 6.92 Å². The van der Waals surface area contributed by atoms with Gasteiger partial charge in [-0.15, -0.1) is 0 Å². The molecule has 0 heterocycles. The van der Waals surface area contributed by atoms with Crippen molar-refractivity contribution >= 4 is 31.0 Å². The first-order valence-corrected chi connectivity index (χ1v) is 4.12. The minimum absolute atomic E-state index is 0.229. The van der Waals surface area contributed by atoms with Crippen LogP contribution in [0.2, 0.25) is 0 Å². The summed E-state index contributed by atoms with van der Waals surface area (Å²) in [5.74, 6) is -0.229. The van der Waals surface area contributed by atoms with Crippen molar-refractivity contribution in [2.24, 2.45) is 0 Å². The van der Waals surface area contributed by atoms with Gasteiger partial charge in [0, 0.05) is 0 Å².